The molecule has 158 valence electrons. The van der Waals surface area contributed by atoms with Gasteiger partial charge in [-0.05, 0) is 37.1 Å². The zero-order valence-corrected chi connectivity index (χ0v) is 18.2. The van der Waals surface area contributed by atoms with E-state index in [1.807, 2.05) is 24.3 Å². The lowest BCUT2D eigenvalue weighted by Gasteiger charge is -2.18. The molecule has 0 spiro atoms. The summed E-state index contributed by atoms with van der Waals surface area (Å²) in [6, 6.07) is 9.54. The van der Waals surface area contributed by atoms with E-state index in [1.165, 1.54) is 23.8 Å². The summed E-state index contributed by atoms with van der Waals surface area (Å²) in [6.07, 6.45) is 4.25. The Bertz CT molecular complexity index is 1250. The van der Waals surface area contributed by atoms with Gasteiger partial charge in [0.05, 0.1) is 17.1 Å². The Morgan fingerprint density at radius 1 is 1.23 bits per heavy atom. The Morgan fingerprint density at radius 3 is 2.71 bits per heavy atom. The third kappa shape index (κ3) is 4.17. The van der Waals surface area contributed by atoms with E-state index in [2.05, 4.69) is 22.0 Å². The molecule has 0 aliphatic heterocycles. The molecule has 0 unspecified atom stereocenters. The summed E-state index contributed by atoms with van der Waals surface area (Å²) >= 11 is 1.32. The van der Waals surface area contributed by atoms with Gasteiger partial charge in [0.1, 0.15) is 12.2 Å². The van der Waals surface area contributed by atoms with E-state index < -0.39 is 5.97 Å². The van der Waals surface area contributed by atoms with Crippen LogP contribution in [0.1, 0.15) is 41.2 Å². The SMILES string of the molecule is CCc1ccc(N(C(C)=O)c2nc(COC(=O)c3c(C)nn4cccnc34)cs2)cc1. The van der Waals surface area contributed by atoms with Crippen LogP contribution in [0.4, 0.5) is 10.8 Å². The average molecular weight is 436 g/mol. The molecule has 31 heavy (non-hydrogen) atoms. The lowest BCUT2D eigenvalue weighted by atomic mass is 10.1. The summed E-state index contributed by atoms with van der Waals surface area (Å²) in [6.45, 7) is 5.30. The van der Waals surface area contributed by atoms with Crippen LogP contribution in [0.2, 0.25) is 0 Å². The predicted octanol–water partition coefficient (Wildman–Crippen LogP) is 4.10. The molecule has 0 saturated carbocycles. The molecule has 0 saturated heterocycles. The normalized spacial score (nSPS) is 10.9. The quantitative estimate of drug-likeness (QED) is 0.424. The van der Waals surface area contributed by atoms with E-state index in [9.17, 15) is 9.59 Å². The van der Waals surface area contributed by atoms with Gasteiger partial charge in [-0.2, -0.15) is 5.10 Å². The van der Waals surface area contributed by atoms with Crippen molar-refractivity contribution in [3.8, 4) is 0 Å². The number of aryl methyl sites for hydroxylation is 2. The molecular weight excluding hydrogens is 414 g/mol. The van der Waals surface area contributed by atoms with Crippen LogP contribution < -0.4 is 4.90 Å². The fourth-order valence-corrected chi connectivity index (χ4v) is 4.09. The number of fused-ring (bicyclic) bond motifs is 1. The van der Waals surface area contributed by atoms with Crippen LogP contribution >= 0.6 is 11.3 Å². The van der Waals surface area contributed by atoms with E-state index in [0.29, 0.717) is 27.7 Å². The molecular formula is C22H21N5O3S. The molecule has 3 heterocycles. The van der Waals surface area contributed by atoms with Crippen molar-refractivity contribution in [3.05, 3.63) is 70.6 Å². The molecule has 0 aliphatic rings. The molecule has 3 aromatic heterocycles. The second-order valence-electron chi connectivity index (χ2n) is 6.92. The molecule has 0 bridgehead atoms. The monoisotopic (exact) mass is 435 g/mol. The highest BCUT2D eigenvalue weighted by Gasteiger charge is 2.21. The molecule has 0 N–H and O–H groups in total. The number of aromatic nitrogens is 4. The van der Waals surface area contributed by atoms with Gasteiger partial charge in [-0.25, -0.2) is 19.3 Å². The lowest BCUT2D eigenvalue weighted by Crippen LogP contribution is -2.22. The fraction of sp³-hybridized carbons (Fsp3) is 0.227. The van der Waals surface area contributed by atoms with Gasteiger partial charge < -0.3 is 4.74 Å². The fourth-order valence-electron chi connectivity index (χ4n) is 3.22. The number of hydrogen-bond acceptors (Lipinski definition) is 7. The number of carbonyl (C=O) groups is 2. The van der Waals surface area contributed by atoms with Crippen LogP contribution in [0.25, 0.3) is 5.65 Å². The lowest BCUT2D eigenvalue weighted by molar-refractivity contribution is -0.115. The maximum absolute atomic E-state index is 12.6. The first kappa shape index (κ1) is 20.7. The summed E-state index contributed by atoms with van der Waals surface area (Å²) in [5, 5.41) is 6.58. The first-order chi connectivity index (χ1) is 15.0. The van der Waals surface area contributed by atoms with Gasteiger partial charge >= 0.3 is 5.97 Å². The number of carbonyl (C=O) groups excluding carboxylic acids is 2. The van der Waals surface area contributed by atoms with Crippen LogP contribution in [-0.4, -0.2) is 31.5 Å². The Balaban J connectivity index is 1.50. The first-order valence-electron chi connectivity index (χ1n) is 9.79. The number of rotatable bonds is 6. The summed E-state index contributed by atoms with van der Waals surface area (Å²) < 4.78 is 7.00. The smallest absolute Gasteiger partial charge is 0.344 e. The summed E-state index contributed by atoms with van der Waals surface area (Å²) in [7, 11) is 0. The number of ether oxygens (including phenoxy) is 1. The number of amides is 1. The number of thiazole rings is 1. The van der Waals surface area contributed by atoms with E-state index in [4.69, 9.17) is 4.74 Å². The van der Waals surface area contributed by atoms with Crippen LogP contribution in [-0.2, 0) is 22.6 Å². The maximum atomic E-state index is 12.6. The van der Waals surface area contributed by atoms with Crippen molar-refractivity contribution in [1.29, 1.82) is 0 Å². The van der Waals surface area contributed by atoms with Crippen LogP contribution in [0.5, 0.6) is 0 Å². The molecule has 4 aromatic rings. The highest BCUT2D eigenvalue weighted by Crippen LogP contribution is 2.29. The summed E-state index contributed by atoms with van der Waals surface area (Å²) in [5.74, 6) is -0.658. The molecule has 9 heteroatoms. The highest BCUT2D eigenvalue weighted by atomic mass is 32.1. The maximum Gasteiger partial charge on any atom is 0.344 e. The zero-order chi connectivity index (χ0) is 22.0. The van der Waals surface area contributed by atoms with Gasteiger partial charge in [0.15, 0.2) is 10.8 Å². The molecule has 4 rings (SSSR count). The Morgan fingerprint density at radius 2 is 2.00 bits per heavy atom. The third-order valence-corrected chi connectivity index (χ3v) is 5.65. The average Bonchev–Trinajstić information content (AvgIpc) is 3.36. The predicted molar refractivity (Wildman–Crippen MR) is 118 cm³/mol. The van der Waals surface area contributed by atoms with Gasteiger partial charge in [0.25, 0.3) is 0 Å². The van der Waals surface area contributed by atoms with Crippen molar-refractivity contribution in [1.82, 2.24) is 19.6 Å². The van der Waals surface area contributed by atoms with Crippen molar-refractivity contribution in [2.75, 3.05) is 4.90 Å². The van der Waals surface area contributed by atoms with E-state index in [1.54, 1.807) is 40.2 Å². The standard InChI is InChI=1S/C22H21N5O3S/c1-4-16-6-8-18(9-7-16)27(15(3)28)22-24-17(13-31-22)12-30-21(29)19-14(2)25-26-11-5-10-23-20(19)26/h5-11,13H,4,12H2,1-3H3. The number of esters is 1. The van der Waals surface area contributed by atoms with Gasteiger partial charge in [-0.1, -0.05) is 19.1 Å². The second kappa shape index (κ2) is 8.65. The van der Waals surface area contributed by atoms with Crippen molar-refractivity contribution < 1.29 is 14.3 Å². The van der Waals surface area contributed by atoms with Crippen molar-refractivity contribution in [2.45, 2.75) is 33.8 Å². The minimum atomic E-state index is -0.515. The molecule has 0 radical (unpaired) electrons. The second-order valence-corrected chi connectivity index (χ2v) is 7.76. The molecule has 0 fully saturated rings. The van der Waals surface area contributed by atoms with Crippen LogP contribution in [0.3, 0.4) is 0 Å². The number of nitrogens with zero attached hydrogens (tertiary/aromatic N) is 5. The van der Waals surface area contributed by atoms with Crippen molar-refractivity contribution >= 4 is 39.7 Å². The van der Waals surface area contributed by atoms with Crippen LogP contribution in [0, 0.1) is 6.92 Å². The minimum Gasteiger partial charge on any atom is -0.455 e. The van der Waals surface area contributed by atoms with Crippen LogP contribution in [0.15, 0.2) is 48.1 Å². The van der Waals surface area contributed by atoms with Gasteiger partial charge in [0.2, 0.25) is 5.91 Å². The molecule has 8 nitrogen and oxygen atoms in total. The van der Waals surface area contributed by atoms with Gasteiger partial charge in [-0.3, -0.25) is 9.69 Å². The zero-order valence-electron chi connectivity index (χ0n) is 17.4. The summed E-state index contributed by atoms with van der Waals surface area (Å²) in [4.78, 5) is 35.2. The van der Waals surface area contributed by atoms with Gasteiger partial charge in [-0.15, -0.1) is 11.3 Å². The molecule has 0 aliphatic carbocycles. The summed E-state index contributed by atoms with van der Waals surface area (Å²) in [5.41, 5.74) is 3.82. The largest absolute Gasteiger partial charge is 0.455 e. The number of benzene rings is 1. The highest BCUT2D eigenvalue weighted by molar-refractivity contribution is 7.14. The molecule has 1 aromatic carbocycles. The van der Waals surface area contributed by atoms with Crippen molar-refractivity contribution in [2.24, 2.45) is 0 Å². The molecule has 0 atom stereocenters. The Hall–Kier alpha value is -3.59. The number of anilines is 2. The first-order valence-corrected chi connectivity index (χ1v) is 10.7. The minimum absolute atomic E-state index is 0.0144. The number of hydrogen-bond donors (Lipinski definition) is 0. The van der Waals surface area contributed by atoms with Crippen molar-refractivity contribution in [3.63, 3.8) is 0 Å². The van der Waals surface area contributed by atoms with Gasteiger partial charge in [0, 0.05) is 24.7 Å². The Labute approximate surface area is 183 Å². The molecule has 1 amide bonds. The van der Waals surface area contributed by atoms with E-state index >= 15 is 0 Å². The van der Waals surface area contributed by atoms with E-state index in [-0.39, 0.29) is 12.5 Å². The Kier molecular flexibility index (Phi) is 5.77. The van der Waals surface area contributed by atoms with E-state index in [0.717, 1.165) is 12.1 Å². The topological polar surface area (TPSA) is 89.7 Å². The third-order valence-electron chi connectivity index (χ3n) is 4.77.